The van der Waals surface area contributed by atoms with Gasteiger partial charge in [-0.2, -0.15) is 0 Å². The van der Waals surface area contributed by atoms with Gasteiger partial charge < -0.3 is 4.74 Å². The van der Waals surface area contributed by atoms with E-state index in [4.69, 9.17) is 4.74 Å². The molecule has 0 bridgehead atoms. The Hall–Kier alpha value is -0.300. The summed E-state index contributed by atoms with van der Waals surface area (Å²) >= 11 is 0. The monoisotopic (exact) mass is 150 g/mol. The third-order valence-corrected chi connectivity index (χ3v) is 3.56. The fourth-order valence-corrected chi connectivity index (χ4v) is 2.86. The third-order valence-electron chi connectivity index (χ3n) is 3.56. The third kappa shape index (κ3) is 0.698. The molecule has 1 heteroatoms. The van der Waals surface area contributed by atoms with Gasteiger partial charge in [-0.1, -0.05) is 25.0 Å². The molecule has 11 heavy (non-hydrogen) atoms. The summed E-state index contributed by atoms with van der Waals surface area (Å²) in [5, 5.41) is 0. The molecule has 0 unspecified atom stereocenters. The molecule has 0 N–H and O–H groups in total. The molecule has 1 saturated heterocycles. The lowest BCUT2D eigenvalue weighted by molar-refractivity contribution is 0.160. The standard InChI is InChI=1S/C10H14O/c1-2-7-10-8(4-1)5-3-6-9(10)11-10/h3,6,8-9H,1-2,4-5,7H2/t8-,9+,10-/m1/s1. The van der Waals surface area contributed by atoms with Crippen LogP contribution in [0.5, 0.6) is 0 Å². The Labute approximate surface area is 67.4 Å². The van der Waals surface area contributed by atoms with Gasteiger partial charge in [-0.3, -0.25) is 0 Å². The lowest BCUT2D eigenvalue weighted by Gasteiger charge is -2.30. The van der Waals surface area contributed by atoms with Crippen molar-refractivity contribution >= 4 is 0 Å². The molecule has 0 aromatic rings. The van der Waals surface area contributed by atoms with E-state index in [1.807, 2.05) is 0 Å². The van der Waals surface area contributed by atoms with E-state index in [0.717, 1.165) is 5.92 Å². The number of rotatable bonds is 0. The van der Waals surface area contributed by atoms with Crippen molar-refractivity contribution in [2.45, 2.75) is 43.8 Å². The Balaban J connectivity index is 1.92. The Kier molecular flexibility index (Phi) is 1.07. The molecule has 2 aliphatic carbocycles. The van der Waals surface area contributed by atoms with Crippen LogP contribution < -0.4 is 0 Å². The molecular formula is C10H14O. The molecule has 60 valence electrons. The first kappa shape index (κ1) is 6.24. The van der Waals surface area contributed by atoms with Crippen molar-refractivity contribution in [1.29, 1.82) is 0 Å². The fourth-order valence-electron chi connectivity index (χ4n) is 2.86. The minimum atomic E-state index is 0.354. The van der Waals surface area contributed by atoms with Crippen LogP contribution in [0.3, 0.4) is 0 Å². The highest BCUT2D eigenvalue weighted by Crippen LogP contribution is 2.55. The Bertz CT molecular complexity index is 209. The summed E-state index contributed by atoms with van der Waals surface area (Å²) in [7, 11) is 0. The lowest BCUT2D eigenvalue weighted by atomic mass is 9.73. The van der Waals surface area contributed by atoms with E-state index < -0.39 is 0 Å². The quantitative estimate of drug-likeness (QED) is 0.381. The second-order valence-corrected chi connectivity index (χ2v) is 4.10. The van der Waals surface area contributed by atoms with E-state index in [1.54, 1.807) is 0 Å². The van der Waals surface area contributed by atoms with E-state index >= 15 is 0 Å². The summed E-state index contributed by atoms with van der Waals surface area (Å²) in [5.74, 6) is 0.867. The molecule has 1 saturated carbocycles. The Morgan fingerprint density at radius 2 is 2.36 bits per heavy atom. The highest BCUT2D eigenvalue weighted by molar-refractivity contribution is 5.21. The molecule has 0 amide bonds. The van der Waals surface area contributed by atoms with Crippen LogP contribution >= 0.6 is 0 Å². The number of allylic oxidation sites excluding steroid dienone is 1. The first-order valence-electron chi connectivity index (χ1n) is 4.76. The van der Waals surface area contributed by atoms with Gasteiger partial charge in [-0.25, -0.2) is 0 Å². The first-order chi connectivity index (χ1) is 5.42. The van der Waals surface area contributed by atoms with E-state index in [0.29, 0.717) is 11.7 Å². The molecule has 1 spiro atoms. The smallest absolute Gasteiger partial charge is 0.106 e. The molecule has 3 aliphatic rings. The average Bonchev–Trinajstić information content (AvgIpc) is 2.75. The number of epoxide rings is 1. The number of ether oxygens (including phenoxy) is 1. The van der Waals surface area contributed by atoms with Gasteiger partial charge in [-0.05, 0) is 25.2 Å². The maximum Gasteiger partial charge on any atom is 0.106 e. The van der Waals surface area contributed by atoms with Gasteiger partial charge in [0.1, 0.15) is 11.7 Å². The van der Waals surface area contributed by atoms with Crippen LogP contribution in [-0.4, -0.2) is 11.7 Å². The second-order valence-electron chi connectivity index (χ2n) is 4.10. The normalized spacial score (nSPS) is 53.1. The zero-order valence-electron chi connectivity index (χ0n) is 6.75. The first-order valence-corrected chi connectivity index (χ1v) is 4.76. The van der Waals surface area contributed by atoms with Crippen LogP contribution in [0.15, 0.2) is 12.2 Å². The van der Waals surface area contributed by atoms with Crippen molar-refractivity contribution < 1.29 is 4.74 Å². The molecule has 3 rings (SSSR count). The largest absolute Gasteiger partial charge is 0.361 e. The molecule has 1 heterocycles. The van der Waals surface area contributed by atoms with Gasteiger partial charge >= 0.3 is 0 Å². The summed E-state index contributed by atoms with van der Waals surface area (Å²) in [6.07, 6.45) is 11.9. The lowest BCUT2D eigenvalue weighted by Crippen LogP contribution is -2.31. The van der Waals surface area contributed by atoms with Gasteiger partial charge in [0.15, 0.2) is 0 Å². The van der Waals surface area contributed by atoms with E-state index in [-0.39, 0.29) is 0 Å². The van der Waals surface area contributed by atoms with Gasteiger partial charge in [0.2, 0.25) is 0 Å². The zero-order valence-corrected chi connectivity index (χ0v) is 6.75. The van der Waals surface area contributed by atoms with Gasteiger partial charge in [0.25, 0.3) is 0 Å². The second kappa shape index (κ2) is 1.89. The molecule has 1 aliphatic heterocycles. The summed E-state index contributed by atoms with van der Waals surface area (Å²) in [5.41, 5.74) is 0.354. The summed E-state index contributed by atoms with van der Waals surface area (Å²) in [6, 6.07) is 0. The topological polar surface area (TPSA) is 12.5 Å². The van der Waals surface area contributed by atoms with Crippen molar-refractivity contribution in [3.8, 4) is 0 Å². The van der Waals surface area contributed by atoms with Crippen molar-refractivity contribution in [2.24, 2.45) is 5.92 Å². The Morgan fingerprint density at radius 3 is 3.27 bits per heavy atom. The fraction of sp³-hybridized carbons (Fsp3) is 0.800. The van der Waals surface area contributed by atoms with E-state index in [1.165, 1.54) is 32.1 Å². The van der Waals surface area contributed by atoms with Gasteiger partial charge in [-0.15, -0.1) is 0 Å². The number of hydrogen-bond acceptors (Lipinski definition) is 1. The zero-order chi connectivity index (χ0) is 7.31. The molecule has 0 aromatic carbocycles. The minimum absolute atomic E-state index is 0.354. The van der Waals surface area contributed by atoms with Crippen LogP contribution in [0.4, 0.5) is 0 Å². The van der Waals surface area contributed by atoms with Crippen LogP contribution in [0.25, 0.3) is 0 Å². The van der Waals surface area contributed by atoms with E-state index in [9.17, 15) is 0 Å². The predicted molar refractivity (Wildman–Crippen MR) is 43.3 cm³/mol. The SMILES string of the molecule is C1=C[C@@H]2O[C@@]23CCCC[C@@H]3C1. The Morgan fingerprint density at radius 1 is 1.36 bits per heavy atom. The van der Waals surface area contributed by atoms with Crippen LogP contribution in [-0.2, 0) is 4.74 Å². The van der Waals surface area contributed by atoms with Gasteiger partial charge in [0, 0.05) is 0 Å². The highest BCUT2D eigenvalue weighted by atomic mass is 16.6. The van der Waals surface area contributed by atoms with Crippen molar-refractivity contribution in [1.82, 2.24) is 0 Å². The van der Waals surface area contributed by atoms with E-state index in [2.05, 4.69) is 12.2 Å². The predicted octanol–water partition coefficient (Wildman–Crippen LogP) is 2.27. The maximum absolute atomic E-state index is 5.78. The molecule has 0 radical (unpaired) electrons. The highest BCUT2D eigenvalue weighted by Gasteiger charge is 2.61. The van der Waals surface area contributed by atoms with Crippen molar-refractivity contribution in [2.75, 3.05) is 0 Å². The summed E-state index contributed by atoms with van der Waals surface area (Å²) in [4.78, 5) is 0. The molecule has 2 fully saturated rings. The minimum Gasteiger partial charge on any atom is -0.361 e. The summed E-state index contributed by atoms with van der Waals surface area (Å²) < 4.78 is 5.78. The molecule has 3 atom stereocenters. The molecule has 1 nitrogen and oxygen atoms in total. The summed E-state index contributed by atoms with van der Waals surface area (Å²) in [6.45, 7) is 0. The van der Waals surface area contributed by atoms with Crippen molar-refractivity contribution in [3.63, 3.8) is 0 Å². The average molecular weight is 150 g/mol. The van der Waals surface area contributed by atoms with Gasteiger partial charge in [0.05, 0.1) is 0 Å². The van der Waals surface area contributed by atoms with Crippen LogP contribution in [0.1, 0.15) is 32.1 Å². The van der Waals surface area contributed by atoms with Crippen LogP contribution in [0, 0.1) is 5.92 Å². The number of hydrogen-bond donors (Lipinski definition) is 0. The molecular weight excluding hydrogens is 136 g/mol. The molecule has 0 aromatic heterocycles. The maximum atomic E-state index is 5.78. The van der Waals surface area contributed by atoms with Crippen molar-refractivity contribution in [3.05, 3.63) is 12.2 Å². The van der Waals surface area contributed by atoms with Crippen LogP contribution in [0.2, 0.25) is 0 Å².